The van der Waals surface area contributed by atoms with E-state index < -0.39 is 12.0 Å². The normalized spacial score (nSPS) is 32.7. The van der Waals surface area contributed by atoms with Crippen LogP contribution in [0.25, 0.3) is 0 Å². The molecule has 4 nitrogen and oxygen atoms in total. The number of Topliss-reactive ketones (excluding diaryl/α,β-unsaturated/α-hetero) is 1. The van der Waals surface area contributed by atoms with Crippen LogP contribution in [0.2, 0.25) is 0 Å². The van der Waals surface area contributed by atoms with Gasteiger partial charge in [-0.15, -0.1) is 0 Å². The van der Waals surface area contributed by atoms with E-state index in [2.05, 4.69) is 5.32 Å². The minimum absolute atomic E-state index is 0.0209. The predicted octanol–water partition coefficient (Wildman–Crippen LogP) is -0.752. The Kier molecular flexibility index (Phi) is 1.72. The zero-order valence-corrected chi connectivity index (χ0v) is 5.63. The minimum Gasteiger partial charge on any atom is -0.480 e. The molecule has 1 aliphatic rings. The summed E-state index contributed by atoms with van der Waals surface area (Å²) >= 11 is 0. The zero-order chi connectivity index (χ0) is 7.72. The Morgan fingerprint density at radius 1 is 1.80 bits per heavy atom. The third-order valence-corrected chi connectivity index (χ3v) is 1.77. The Labute approximate surface area is 58.2 Å². The molecule has 0 amide bonds. The van der Waals surface area contributed by atoms with Crippen LogP contribution in [0, 0.1) is 5.92 Å². The SMILES string of the molecule is C[C@H]1C(=O)CN[C@@H]1C(=O)O. The maximum absolute atomic E-state index is 10.8. The molecule has 0 aromatic heterocycles. The van der Waals surface area contributed by atoms with Crippen molar-refractivity contribution in [2.75, 3.05) is 6.54 Å². The molecule has 0 aromatic rings. The molecule has 10 heavy (non-hydrogen) atoms. The molecule has 0 saturated carbocycles. The van der Waals surface area contributed by atoms with E-state index >= 15 is 0 Å². The third-order valence-electron chi connectivity index (χ3n) is 1.77. The van der Waals surface area contributed by atoms with Crippen molar-refractivity contribution in [1.82, 2.24) is 5.32 Å². The van der Waals surface area contributed by atoms with Gasteiger partial charge in [0.15, 0.2) is 5.78 Å². The summed E-state index contributed by atoms with van der Waals surface area (Å²) in [5, 5.41) is 11.1. The zero-order valence-electron chi connectivity index (χ0n) is 5.63. The van der Waals surface area contributed by atoms with Crippen LogP contribution < -0.4 is 5.32 Å². The largest absolute Gasteiger partial charge is 0.480 e. The molecule has 0 spiro atoms. The van der Waals surface area contributed by atoms with Crippen molar-refractivity contribution in [1.29, 1.82) is 0 Å². The van der Waals surface area contributed by atoms with E-state index in [4.69, 9.17) is 5.11 Å². The van der Waals surface area contributed by atoms with Crippen LogP contribution in [-0.2, 0) is 9.59 Å². The molecule has 0 unspecified atom stereocenters. The van der Waals surface area contributed by atoms with Crippen molar-refractivity contribution in [2.45, 2.75) is 13.0 Å². The smallest absolute Gasteiger partial charge is 0.321 e. The highest BCUT2D eigenvalue weighted by Gasteiger charge is 2.35. The Morgan fingerprint density at radius 2 is 2.40 bits per heavy atom. The highest BCUT2D eigenvalue weighted by Crippen LogP contribution is 2.10. The topological polar surface area (TPSA) is 66.4 Å². The number of aliphatic carboxylic acids is 1. The van der Waals surface area contributed by atoms with Crippen LogP contribution in [0.5, 0.6) is 0 Å². The number of carbonyl (C=O) groups is 2. The lowest BCUT2D eigenvalue weighted by Crippen LogP contribution is -2.34. The number of ketones is 1. The molecule has 0 bridgehead atoms. The van der Waals surface area contributed by atoms with E-state index in [0.29, 0.717) is 0 Å². The van der Waals surface area contributed by atoms with Gasteiger partial charge in [-0.2, -0.15) is 0 Å². The van der Waals surface area contributed by atoms with E-state index in [1.165, 1.54) is 0 Å². The number of hydrogen-bond donors (Lipinski definition) is 2. The van der Waals surface area contributed by atoms with Gasteiger partial charge in [-0.1, -0.05) is 6.92 Å². The van der Waals surface area contributed by atoms with Gasteiger partial charge in [-0.3, -0.25) is 14.9 Å². The van der Waals surface area contributed by atoms with Crippen molar-refractivity contribution in [3.05, 3.63) is 0 Å². The summed E-state index contributed by atoms with van der Waals surface area (Å²) in [5.41, 5.74) is 0. The van der Waals surface area contributed by atoms with Crippen LogP contribution in [0.3, 0.4) is 0 Å². The van der Waals surface area contributed by atoms with Crippen molar-refractivity contribution >= 4 is 11.8 Å². The molecule has 2 atom stereocenters. The first-order chi connectivity index (χ1) is 4.63. The summed E-state index contributed by atoms with van der Waals surface area (Å²) in [5.74, 6) is -1.34. The van der Waals surface area contributed by atoms with E-state index in [0.717, 1.165) is 0 Å². The van der Waals surface area contributed by atoms with Crippen LogP contribution >= 0.6 is 0 Å². The Bertz CT molecular complexity index is 178. The molecular weight excluding hydrogens is 134 g/mol. The van der Waals surface area contributed by atoms with E-state index in [9.17, 15) is 9.59 Å². The minimum atomic E-state index is -0.946. The van der Waals surface area contributed by atoms with E-state index in [-0.39, 0.29) is 18.2 Å². The molecule has 1 fully saturated rings. The first-order valence-electron chi connectivity index (χ1n) is 3.12. The predicted molar refractivity (Wildman–Crippen MR) is 33.6 cm³/mol. The first-order valence-corrected chi connectivity index (χ1v) is 3.12. The van der Waals surface area contributed by atoms with Crippen molar-refractivity contribution < 1.29 is 14.7 Å². The third kappa shape index (κ3) is 1.02. The van der Waals surface area contributed by atoms with Gasteiger partial charge in [-0.05, 0) is 0 Å². The molecule has 2 N–H and O–H groups in total. The maximum atomic E-state index is 10.8. The molecule has 0 radical (unpaired) electrons. The Morgan fingerprint density at radius 3 is 2.60 bits per heavy atom. The number of carboxylic acid groups (broad SMARTS) is 1. The van der Waals surface area contributed by atoms with Gasteiger partial charge in [0.1, 0.15) is 6.04 Å². The van der Waals surface area contributed by atoms with Gasteiger partial charge in [0.05, 0.1) is 6.54 Å². The molecule has 4 heteroatoms. The van der Waals surface area contributed by atoms with Crippen LogP contribution in [-0.4, -0.2) is 29.4 Å². The molecule has 1 rings (SSSR count). The average Bonchev–Trinajstić information content (AvgIpc) is 2.14. The lowest BCUT2D eigenvalue weighted by atomic mass is 10.0. The maximum Gasteiger partial charge on any atom is 0.321 e. The summed E-state index contributed by atoms with van der Waals surface area (Å²) in [7, 11) is 0. The highest BCUT2D eigenvalue weighted by molar-refractivity contribution is 5.92. The van der Waals surface area contributed by atoms with Gasteiger partial charge in [0.25, 0.3) is 0 Å². The van der Waals surface area contributed by atoms with Gasteiger partial charge < -0.3 is 5.11 Å². The fourth-order valence-corrected chi connectivity index (χ4v) is 1.04. The van der Waals surface area contributed by atoms with Crippen LogP contribution in [0.4, 0.5) is 0 Å². The van der Waals surface area contributed by atoms with Crippen molar-refractivity contribution in [2.24, 2.45) is 5.92 Å². The molecule has 56 valence electrons. The monoisotopic (exact) mass is 143 g/mol. The molecule has 1 saturated heterocycles. The van der Waals surface area contributed by atoms with Crippen LogP contribution in [0.15, 0.2) is 0 Å². The number of nitrogens with one attached hydrogen (secondary N) is 1. The van der Waals surface area contributed by atoms with Gasteiger partial charge >= 0.3 is 5.97 Å². The molecule has 0 aliphatic carbocycles. The molecule has 1 heterocycles. The summed E-state index contributed by atoms with van der Waals surface area (Å²) in [6.45, 7) is 1.82. The highest BCUT2D eigenvalue weighted by atomic mass is 16.4. The number of carboxylic acids is 1. The second-order valence-corrected chi connectivity index (χ2v) is 2.45. The summed E-state index contributed by atoms with van der Waals surface area (Å²) in [6.07, 6.45) is 0. The number of hydrogen-bond acceptors (Lipinski definition) is 3. The van der Waals surface area contributed by atoms with Crippen molar-refractivity contribution in [3.63, 3.8) is 0 Å². The second-order valence-electron chi connectivity index (χ2n) is 2.45. The second kappa shape index (κ2) is 2.38. The van der Waals surface area contributed by atoms with Crippen LogP contribution in [0.1, 0.15) is 6.92 Å². The number of carbonyl (C=O) groups excluding carboxylic acids is 1. The first kappa shape index (κ1) is 7.21. The summed E-state index contributed by atoms with van der Waals surface area (Å²) < 4.78 is 0. The van der Waals surface area contributed by atoms with Gasteiger partial charge in [-0.25, -0.2) is 0 Å². The standard InChI is InChI=1S/C6H9NO3/c1-3-4(8)2-7-5(3)6(9)10/h3,5,7H,2H2,1H3,(H,9,10)/t3-,5-/m0/s1. The molecular formula is C6H9NO3. The summed E-state index contributed by atoms with van der Waals surface area (Å²) in [4.78, 5) is 21.1. The fraction of sp³-hybridized carbons (Fsp3) is 0.667. The molecule has 0 aromatic carbocycles. The lowest BCUT2D eigenvalue weighted by Gasteiger charge is -2.06. The Balaban J connectivity index is 2.66. The quantitative estimate of drug-likeness (QED) is 0.506. The summed E-state index contributed by atoms with van der Waals surface area (Å²) in [6, 6.07) is -0.674. The van der Waals surface area contributed by atoms with Crippen molar-refractivity contribution in [3.8, 4) is 0 Å². The lowest BCUT2D eigenvalue weighted by molar-refractivity contribution is -0.141. The van der Waals surface area contributed by atoms with E-state index in [1.807, 2.05) is 0 Å². The Hall–Kier alpha value is -0.900. The van der Waals surface area contributed by atoms with Gasteiger partial charge in [0, 0.05) is 5.92 Å². The van der Waals surface area contributed by atoms with E-state index in [1.54, 1.807) is 6.92 Å². The molecule has 1 aliphatic heterocycles. The fourth-order valence-electron chi connectivity index (χ4n) is 1.04. The number of rotatable bonds is 1. The van der Waals surface area contributed by atoms with Gasteiger partial charge in [0.2, 0.25) is 0 Å². The average molecular weight is 143 g/mol.